The number of nitrogens with zero attached hydrogens (tertiary/aromatic N) is 1. The first-order valence-electron chi connectivity index (χ1n) is 7.59. The maximum atomic E-state index is 4.17. The van der Waals surface area contributed by atoms with E-state index in [4.69, 9.17) is 0 Å². The molecule has 0 heterocycles. The van der Waals surface area contributed by atoms with Gasteiger partial charge in [0.2, 0.25) is 0 Å². The lowest BCUT2D eigenvalue weighted by atomic mass is 9.91. The van der Waals surface area contributed by atoms with E-state index in [0.29, 0.717) is 5.92 Å². The minimum Gasteiger partial charge on any atom is -0.389 e. The van der Waals surface area contributed by atoms with Crippen LogP contribution >= 0.6 is 0 Å². The van der Waals surface area contributed by atoms with Crippen molar-refractivity contribution in [2.75, 3.05) is 25.5 Å². The Bertz CT molecular complexity index is 459. The van der Waals surface area contributed by atoms with Gasteiger partial charge >= 0.3 is 0 Å². The predicted molar refractivity (Wildman–Crippen MR) is 90.7 cm³/mol. The molecule has 2 nitrogen and oxygen atoms in total. The van der Waals surface area contributed by atoms with Crippen LogP contribution < -0.4 is 10.2 Å². The van der Waals surface area contributed by atoms with Crippen LogP contribution in [0.5, 0.6) is 0 Å². The molecule has 0 aromatic heterocycles. The van der Waals surface area contributed by atoms with Crippen LogP contribution in [0.25, 0.3) is 0 Å². The fourth-order valence-corrected chi connectivity index (χ4v) is 2.61. The summed E-state index contributed by atoms with van der Waals surface area (Å²) >= 11 is 0. The average molecular weight is 274 g/mol. The molecular formula is C18H30N2. The standard InChI is InChI=1S/C18H30N2/c1-8-11-19-14(4)12-17-15(5)16(13(2)3)9-10-18(17)20(6)7/h9-10,13,19H,4,8,11-12H2,1-3,5-7H3. The van der Waals surface area contributed by atoms with Crippen LogP contribution in [-0.2, 0) is 6.42 Å². The van der Waals surface area contributed by atoms with Gasteiger partial charge in [0.25, 0.3) is 0 Å². The van der Waals surface area contributed by atoms with Crippen LogP contribution in [0.15, 0.2) is 24.4 Å². The second-order valence-corrected chi connectivity index (χ2v) is 6.03. The highest BCUT2D eigenvalue weighted by Crippen LogP contribution is 2.30. The molecule has 112 valence electrons. The molecule has 1 N–H and O–H groups in total. The number of allylic oxidation sites excluding steroid dienone is 1. The van der Waals surface area contributed by atoms with E-state index in [1.165, 1.54) is 22.4 Å². The molecule has 0 spiro atoms. The summed E-state index contributed by atoms with van der Waals surface area (Å²) in [4.78, 5) is 2.19. The summed E-state index contributed by atoms with van der Waals surface area (Å²) in [6.07, 6.45) is 2.03. The van der Waals surface area contributed by atoms with Gasteiger partial charge in [-0.3, -0.25) is 0 Å². The highest BCUT2D eigenvalue weighted by atomic mass is 15.1. The first kappa shape index (κ1) is 16.6. The molecule has 0 aliphatic carbocycles. The van der Waals surface area contributed by atoms with Gasteiger partial charge in [0.1, 0.15) is 0 Å². The molecule has 0 bridgehead atoms. The van der Waals surface area contributed by atoms with Gasteiger partial charge in [-0.2, -0.15) is 0 Å². The highest BCUT2D eigenvalue weighted by molar-refractivity contribution is 5.59. The van der Waals surface area contributed by atoms with Gasteiger partial charge < -0.3 is 10.2 Å². The monoisotopic (exact) mass is 274 g/mol. The Morgan fingerprint density at radius 2 is 1.95 bits per heavy atom. The molecular weight excluding hydrogens is 244 g/mol. The molecule has 1 aromatic carbocycles. The zero-order chi connectivity index (χ0) is 15.3. The van der Waals surface area contributed by atoms with E-state index in [2.05, 4.69) is 70.7 Å². The Labute approximate surface area is 124 Å². The quantitative estimate of drug-likeness (QED) is 0.800. The Morgan fingerprint density at radius 3 is 2.45 bits per heavy atom. The molecule has 0 aliphatic heterocycles. The van der Waals surface area contributed by atoms with Crippen molar-refractivity contribution in [2.24, 2.45) is 0 Å². The summed E-state index contributed by atoms with van der Waals surface area (Å²) in [6.45, 7) is 14.1. The minimum atomic E-state index is 0.557. The van der Waals surface area contributed by atoms with Crippen LogP contribution in [0.3, 0.4) is 0 Å². The van der Waals surface area contributed by atoms with Crippen LogP contribution in [0.1, 0.15) is 49.8 Å². The van der Waals surface area contributed by atoms with Crippen LogP contribution in [0, 0.1) is 6.92 Å². The molecule has 1 rings (SSSR count). The summed E-state index contributed by atoms with van der Waals surface area (Å²) in [7, 11) is 4.21. The van der Waals surface area contributed by atoms with Gasteiger partial charge in [0.15, 0.2) is 0 Å². The van der Waals surface area contributed by atoms with Crippen LogP contribution in [0.4, 0.5) is 5.69 Å². The molecule has 0 fully saturated rings. The van der Waals surface area contributed by atoms with Gasteiger partial charge in [-0.25, -0.2) is 0 Å². The normalized spacial score (nSPS) is 10.8. The first-order valence-corrected chi connectivity index (χ1v) is 7.59. The van der Waals surface area contributed by atoms with Crippen LogP contribution in [0.2, 0.25) is 0 Å². The van der Waals surface area contributed by atoms with E-state index >= 15 is 0 Å². The van der Waals surface area contributed by atoms with Gasteiger partial charge in [-0.1, -0.05) is 33.4 Å². The second-order valence-electron chi connectivity index (χ2n) is 6.03. The zero-order valence-corrected chi connectivity index (χ0v) is 14.0. The molecule has 0 radical (unpaired) electrons. The number of rotatable bonds is 7. The second kappa shape index (κ2) is 7.37. The minimum absolute atomic E-state index is 0.557. The summed E-state index contributed by atoms with van der Waals surface area (Å²) in [6, 6.07) is 4.51. The molecule has 0 aliphatic rings. The zero-order valence-electron chi connectivity index (χ0n) is 14.0. The summed E-state index contributed by atoms with van der Waals surface area (Å²) < 4.78 is 0. The van der Waals surface area contributed by atoms with Crippen molar-refractivity contribution < 1.29 is 0 Å². The number of hydrogen-bond donors (Lipinski definition) is 1. The lowest BCUT2D eigenvalue weighted by molar-refractivity contribution is 0.749. The average Bonchev–Trinajstić information content (AvgIpc) is 2.37. The smallest absolute Gasteiger partial charge is 0.0400 e. The summed E-state index contributed by atoms with van der Waals surface area (Å²) in [5.41, 5.74) is 6.65. The molecule has 0 amide bonds. The summed E-state index contributed by atoms with van der Waals surface area (Å²) in [5.74, 6) is 0.557. The third-order valence-corrected chi connectivity index (χ3v) is 3.73. The number of benzene rings is 1. The fraction of sp³-hybridized carbons (Fsp3) is 0.556. The summed E-state index contributed by atoms with van der Waals surface area (Å²) in [5, 5.41) is 3.41. The predicted octanol–water partition coefficient (Wildman–Crippen LogP) is 4.24. The molecule has 0 atom stereocenters. The van der Waals surface area contributed by atoms with Crippen molar-refractivity contribution in [3.63, 3.8) is 0 Å². The largest absolute Gasteiger partial charge is 0.389 e. The third-order valence-electron chi connectivity index (χ3n) is 3.73. The lowest BCUT2D eigenvalue weighted by Crippen LogP contribution is -2.18. The Balaban J connectivity index is 3.12. The van der Waals surface area contributed by atoms with Crippen molar-refractivity contribution in [3.8, 4) is 0 Å². The van der Waals surface area contributed by atoms with E-state index in [0.717, 1.165) is 25.1 Å². The maximum absolute atomic E-state index is 4.17. The van der Waals surface area contributed by atoms with E-state index in [-0.39, 0.29) is 0 Å². The molecule has 0 saturated carbocycles. The van der Waals surface area contributed by atoms with Crippen molar-refractivity contribution in [3.05, 3.63) is 41.1 Å². The van der Waals surface area contributed by atoms with Gasteiger partial charge in [0.05, 0.1) is 0 Å². The SMILES string of the molecule is C=C(Cc1c(N(C)C)ccc(C(C)C)c1C)NCCC. The highest BCUT2D eigenvalue weighted by Gasteiger charge is 2.14. The van der Waals surface area contributed by atoms with Crippen LogP contribution in [-0.4, -0.2) is 20.6 Å². The van der Waals surface area contributed by atoms with Gasteiger partial charge in [0, 0.05) is 38.4 Å². The van der Waals surface area contributed by atoms with Gasteiger partial charge in [-0.15, -0.1) is 0 Å². The number of anilines is 1. The number of hydrogen-bond acceptors (Lipinski definition) is 2. The van der Waals surface area contributed by atoms with E-state index < -0.39 is 0 Å². The number of nitrogens with one attached hydrogen (secondary N) is 1. The first-order chi connectivity index (χ1) is 9.38. The fourth-order valence-electron chi connectivity index (χ4n) is 2.61. The van der Waals surface area contributed by atoms with E-state index in [1.54, 1.807) is 0 Å². The Morgan fingerprint density at radius 1 is 1.30 bits per heavy atom. The van der Waals surface area contributed by atoms with Crippen molar-refractivity contribution >= 4 is 5.69 Å². The third kappa shape index (κ3) is 4.03. The molecule has 0 saturated heterocycles. The molecule has 1 aromatic rings. The van der Waals surface area contributed by atoms with E-state index in [1.807, 2.05) is 0 Å². The maximum Gasteiger partial charge on any atom is 0.0400 e. The lowest BCUT2D eigenvalue weighted by Gasteiger charge is -2.23. The van der Waals surface area contributed by atoms with Gasteiger partial charge in [-0.05, 0) is 42.0 Å². The van der Waals surface area contributed by atoms with E-state index in [9.17, 15) is 0 Å². The Hall–Kier alpha value is -1.44. The Kier molecular flexibility index (Phi) is 6.12. The topological polar surface area (TPSA) is 15.3 Å². The van der Waals surface area contributed by atoms with Crippen molar-refractivity contribution in [2.45, 2.75) is 46.5 Å². The van der Waals surface area contributed by atoms with Crippen molar-refractivity contribution in [1.29, 1.82) is 0 Å². The molecule has 20 heavy (non-hydrogen) atoms. The molecule has 2 heteroatoms. The molecule has 0 unspecified atom stereocenters. The van der Waals surface area contributed by atoms with Crippen molar-refractivity contribution in [1.82, 2.24) is 5.32 Å².